The number of anilines is 1. The van der Waals surface area contributed by atoms with Crippen molar-refractivity contribution in [3.8, 4) is 11.4 Å². The normalized spacial score (nSPS) is 16.8. The van der Waals surface area contributed by atoms with E-state index in [2.05, 4.69) is 71.2 Å². The molecule has 0 radical (unpaired) electrons. The molecule has 0 aliphatic carbocycles. The Morgan fingerprint density at radius 2 is 1.88 bits per heavy atom. The monoisotopic (exact) mass is 348 g/mol. The quantitative estimate of drug-likeness (QED) is 0.675. The number of hydrogen-bond acceptors (Lipinski definition) is 3. The van der Waals surface area contributed by atoms with Crippen molar-refractivity contribution in [2.24, 2.45) is 0 Å². The van der Waals surface area contributed by atoms with E-state index in [0.29, 0.717) is 0 Å². The second-order valence-electron chi connectivity index (χ2n) is 6.45. The van der Waals surface area contributed by atoms with Crippen LogP contribution in [0, 0.1) is 0 Å². The van der Waals surface area contributed by atoms with Gasteiger partial charge in [0.25, 0.3) is 0 Å². The Hall–Kier alpha value is -2.72. The molecule has 134 valence electrons. The average molecular weight is 348 g/mol. The highest BCUT2D eigenvalue weighted by Gasteiger charge is 2.28. The Balaban J connectivity index is 1.61. The number of aryl methyl sites for hydroxylation is 1. The molecule has 4 nitrogen and oxygen atoms in total. The summed E-state index contributed by atoms with van der Waals surface area (Å²) in [6.45, 7) is 3.80. The van der Waals surface area contributed by atoms with Crippen LogP contribution in [0.2, 0.25) is 0 Å². The topological polar surface area (TPSA) is 26.6 Å². The fraction of sp³-hybridized carbons (Fsp3) is 0.273. The summed E-state index contributed by atoms with van der Waals surface area (Å²) in [6.07, 6.45) is 5.26. The summed E-state index contributed by atoms with van der Waals surface area (Å²) in [6, 6.07) is 18.8. The van der Waals surface area contributed by atoms with Crippen LogP contribution >= 0.6 is 0 Å². The number of benzene rings is 2. The van der Waals surface area contributed by atoms with Crippen LogP contribution in [0.25, 0.3) is 5.69 Å². The van der Waals surface area contributed by atoms with Gasteiger partial charge in [-0.05, 0) is 48.4 Å². The predicted octanol–water partition coefficient (Wildman–Crippen LogP) is 4.58. The lowest BCUT2D eigenvalue weighted by Gasteiger charge is -2.24. The fourth-order valence-corrected chi connectivity index (χ4v) is 3.55. The highest BCUT2D eigenvalue weighted by Crippen LogP contribution is 2.33. The zero-order valence-corrected chi connectivity index (χ0v) is 15.3. The van der Waals surface area contributed by atoms with E-state index in [9.17, 15) is 0 Å². The number of nitrogens with zero attached hydrogens (tertiary/aromatic N) is 2. The van der Waals surface area contributed by atoms with E-state index >= 15 is 0 Å². The maximum Gasteiger partial charge on any atom is 0.158 e. The summed E-state index contributed by atoms with van der Waals surface area (Å²) < 4.78 is 13.5. The summed E-state index contributed by atoms with van der Waals surface area (Å²) in [5.74, 6) is 0.868. The van der Waals surface area contributed by atoms with Gasteiger partial charge in [0.1, 0.15) is 5.75 Å². The molecule has 4 rings (SSSR count). The Morgan fingerprint density at radius 1 is 1.08 bits per heavy atom. The molecular formula is C22H24N2O2. The molecular weight excluding hydrogens is 324 g/mol. The van der Waals surface area contributed by atoms with Gasteiger partial charge in [0.2, 0.25) is 0 Å². The lowest BCUT2D eigenvalue weighted by molar-refractivity contribution is 0.114. The molecule has 2 aromatic carbocycles. The Labute approximate surface area is 154 Å². The van der Waals surface area contributed by atoms with E-state index < -0.39 is 0 Å². The van der Waals surface area contributed by atoms with Gasteiger partial charge in [-0.25, -0.2) is 0 Å². The molecule has 1 atom stereocenters. The van der Waals surface area contributed by atoms with Crippen molar-refractivity contribution in [3.05, 3.63) is 78.1 Å². The number of hydrogen-bond donors (Lipinski definition) is 0. The highest BCUT2D eigenvalue weighted by molar-refractivity contribution is 5.52. The van der Waals surface area contributed by atoms with Crippen LogP contribution in [0.5, 0.6) is 5.75 Å². The summed E-state index contributed by atoms with van der Waals surface area (Å²) >= 11 is 0. The summed E-state index contributed by atoms with van der Waals surface area (Å²) in [5, 5.41) is 0. The average Bonchev–Trinajstić information content (AvgIpc) is 3.37. The van der Waals surface area contributed by atoms with Crippen LogP contribution < -0.4 is 9.64 Å². The number of aromatic nitrogens is 1. The lowest BCUT2D eigenvalue weighted by Crippen LogP contribution is -2.22. The molecule has 0 unspecified atom stereocenters. The van der Waals surface area contributed by atoms with Gasteiger partial charge in [-0.3, -0.25) is 0 Å². The highest BCUT2D eigenvalue weighted by atomic mass is 16.5. The minimum Gasteiger partial charge on any atom is -0.497 e. The summed E-state index contributed by atoms with van der Waals surface area (Å²) in [4.78, 5) is 2.30. The molecule has 0 N–H and O–H groups in total. The Morgan fingerprint density at radius 3 is 2.65 bits per heavy atom. The first-order valence-electron chi connectivity index (χ1n) is 9.08. The molecule has 4 heteroatoms. The number of rotatable bonds is 5. The van der Waals surface area contributed by atoms with Gasteiger partial charge < -0.3 is 18.9 Å². The van der Waals surface area contributed by atoms with Crippen LogP contribution in [-0.4, -0.2) is 24.8 Å². The zero-order chi connectivity index (χ0) is 17.9. The van der Waals surface area contributed by atoms with E-state index in [1.165, 1.54) is 16.8 Å². The minimum atomic E-state index is -0.0570. The molecule has 3 aromatic rings. The van der Waals surface area contributed by atoms with Gasteiger partial charge in [0.15, 0.2) is 6.23 Å². The van der Waals surface area contributed by atoms with Gasteiger partial charge in [-0.1, -0.05) is 25.1 Å². The molecule has 0 spiro atoms. The van der Waals surface area contributed by atoms with Gasteiger partial charge in [0.05, 0.1) is 13.7 Å². The zero-order valence-electron chi connectivity index (χ0n) is 15.3. The lowest BCUT2D eigenvalue weighted by atomic mass is 10.1. The van der Waals surface area contributed by atoms with Crippen molar-refractivity contribution >= 4 is 5.69 Å². The SMILES string of the molecule is CCc1ccccc1-n1ccc([C@H]2OCCN2c2ccc(OC)cc2)c1. The number of methoxy groups -OCH3 is 1. The Bertz CT molecular complexity index is 870. The summed E-state index contributed by atoms with van der Waals surface area (Å²) in [5.41, 5.74) is 4.89. The van der Waals surface area contributed by atoms with E-state index in [0.717, 1.165) is 31.0 Å². The molecule has 0 saturated carbocycles. The van der Waals surface area contributed by atoms with Crippen LogP contribution in [0.3, 0.4) is 0 Å². The van der Waals surface area contributed by atoms with Gasteiger partial charge in [-0.15, -0.1) is 0 Å². The maximum absolute atomic E-state index is 6.05. The van der Waals surface area contributed by atoms with E-state index in [1.807, 2.05) is 12.1 Å². The fourth-order valence-electron chi connectivity index (χ4n) is 3.55. The van der Waals surface area contributed by atoms with Crippen molar-refractivity contribution < 1.29 is 9.47 Å². The first-order chi connectivity index (χ1) is 12.8. The largest absolute Gasteiger partial charge is 0.497 e. The summed E-state index contributed by atoms with van der Waals surface area (Å²) in [7, 11) is 1.69. The second-order valence-corrected chi connectivity index (χ2v) is 6.45. The minimum absolute atomic E-state index is 0.0570. The second kappa shape index (κ2) is 7.26. The first-order valence-corrected chi connectivity index (χ1v) is 9.08. The van der Waals surface area contributed by atoms with Crippen LogP contribution in [-0.2, 0) is 11.2 Å². The van der Waals surface area contributed by atoms with Crippen molar-refractivity contribution in [1.29, 1.82) is 0 Å². The molecule has 1 aliphatic heterocycles. The van der Waals surface area contributed by atoms with E-state index in [-0.39, 0.29) is 6.23 Å². The molecule has 1 saturated heterocycles. The molecule has 0 amide bonds. The van der Waals surface area contributed by atoms with Crippen molar-refractivity contribution in [2.45, 2.75) is 19.6 Å². The Kier molecular flexibility index (Phi) is 4.67. The molecule has 0 bridgehead atoms. The third kappa shape index (κ3) is 3.08. The number of ether oxygens (including phenoxy) is 2. The molecule has 26 heavy (non-hydrogen) atoms. The molecule has 2 heterocycles. The van der Waals surface area contributed by atoms with Crippen LogP contribution in [0.1, 0.15) is 24.3 Å². The third-order valence-electron chi connectivity index (χ3n) is 4.95. The predicted molar refractivity (Wildman–Crippen MR) is 104 cm³/mol. The third-order valence-corrected chi connectivity index (χ3v) is 4.95. The first kappa shape index (κ1) is 16.7. The molecule has 1 fully saturated rings. The van der Waals surface area contributed by atoms with Gasteiger partial charge in [0, 0.05) is 35.9 Å². The van der Waals surface area contributed by atoms with Crippen molar-refractivity contribution in [1.82, 2.24) is 4.57 Å². The van der Waals surface area contributed by atoms with E-state index in [1.54, 1.807) is 7.11 Å². The van der Waals surface area contributed by atoms with E-state index in [4.69, 9.17) is 9.47 Å². The standard InChI is InChI=1S/C22H24N2O2/c1-3-17-6-4-5-7-21(17)23-13-12-18(16-23)22-24(14-15-26-22)19-8-10-20(25-2)11-9-19/h4-13,16,22H,3,14-15H2,1-2H3/t22-/m1/s1. The van der Waals surface area contributed by atoms with Crippen molar-refractivity contribution in [3.63, 3.8) is 0 Å². The van der Waals surface area contributed by atoms with Crippen molar-refractivity contribution in [2.75, 3.05) is 25.2 Å². The van der Waals surface area contributed by atoms with Crippen LogP contribution in [0.15, 0.2) is 67.0 Å². The smallest absolute Gasteiger partial charge is 0.158 e. The van der Waals surface area contributed by atoms with Crippen LogP contribution in [0.4, 0.5) is 5.69 Å². The number of para-hydroxylation sites is 1. The maximum atomic E-state index is 6.05. The van der Waals surface area contributed by atoms with Gasteiger partial charge >= 0.3 is 0 Å². The van der Waals surface area contributed by atoms with Gasteiger partial charge in [-0.2, -0.15) is 0 Å². The molecule has 1 aliphatic rings. The molecule has 1 aromatic heterocycles.